The Morgan fingerprint density at radius 2 is 2.25 bits per heavy atom. The molecule has 2 atom stereocenters. The Morgan fingerprint density at radius 1 is 1.38 bits per heavy atom. The van der Waals surface area contributed by atoms with Crippen LogP contribution in [-0.2, 0) is 6.54 Å². The predicted octanol–water partition coefficient (Wildman–Crippen LogP) is 3.87. The minimum Gasteiger partial charge on any atom is -0.312 e. The van der Waals surface area contributed by atoms with Crippen LogP contribution in [0.3, 0.4) is 0 Å². The smallest absolute Gasteiger partial charge is 0.0409 e. The normalized spacial score (nSPS) is 24.9. The summed E-state index contributed by atoms with van der Waals surface area (Å²) in [5.41, 5.74) is 1.28. The molecule has 2 unspecified atom stereocenters. The number of rotatable bonds is 4. The third kappa shape index (κ3) is 3.50. The Bertz CT molecular complexity index is 337. The van der Waals surface area contributed by atoms with Crippen molar-refractivity contribution in [1.29, 1.82) is 0 Å². The van der Waals surface area contributed by atoms with Crippen molar-refractivity contribution < 1.29 is 0 Å². The van der Waals surface area contributed by atoms with Gasteiger partial charge in [0.25, 0.3) is 0 Å². The summed E-state index contributed by atoms with van der Waals surface area (Å²) in [7, 11) is 0. The zero-order chi connectivity index (χ0) is 11.4. The first kappa shape index (κ1) is 11.9. The lowest BCUT2D eigenvalue weighted by Gasteiger charge is -2.11. The summed E-state index contributed by atoms with van der Waals surface area (Å²) in [6.07, 6.45) is 4.19. The van der Waals surface area contributed by atoms with E-state index in [-0.39, 0.29) is 0 Å². The van der Waals surface area contributed by atoms with E-state index in [9.17, 15) is 0 Å². The van der Waals surface area contributed by atoms with Crippen molar-refractivity contribution in [2.75, 3.05) is 6.54 Å². The molecule has 1 fully saturated rings. The lowest BCUT2D eigenvalue weighted by atomic mass is 10.1. The lowest BCUT2D eigenvalue weighted by Crippen LogP contribution is -2.20. The number of hydrogen-bond acceptors (Lipinski definition) is 1. The fourth-order valence-electron chi connectivity index (χ4n) is 2.58. The van der Waals surface area contributed by atoms with E-state index in [0.29, 0.717) is 0 Å². The first-order valence-corrected chi connectivity index (χ1v) is 6.57. The highest BCUT2D eigenvalue weighted by molar-refractivity contribution is 6.30. The van der Waals surface area contributed by atoms with Crippen LogP contribution in [0, 0.1) is 11.8 Å². The largest absolute Gasteiger partial charge is 0.312 e. The third-order valence-corrected chi connectivity index (χ3v) is 3.69. The van der Waals surface area contributed by atoms with E-state index in [4.69, 9.17) is 11.6 Å². The molecule has 16 heavy (non-hydrogen) atoms. The van der Waals surface area contributed by atoms with E-state index in [0.717, 1.165) is 29.9 Å². The van der Waals surface area contributed by atoms with Gasteiger partial charge in [0, 0.05) is 11.6 Å². The molecule has 1 saturated carbocycles. The topological polar surface area (TPSA) is 12.0 Å². The third-order valence-electron chi connectivity index (χ3n) is 3.45. The number of nitrogens with one attached hydrogen (secondary N) is 1. The highest BCUT2D eigenvalue weighted by atomic mass is 35.5. The maximum absolute atomic E-state index is 5.94. The highest BCUT2D eigenvalue weighted by Gasteiger charge is 2.20. The number of hydrogen-bond donors (Lipinski definition) is 1. The zero-order valence-electron chi connectivity index (χ0n) is 9.88. The van der Waals surface area contributed by atoms with E-state index in [1.807, 2.05) is 18.2 Å². The first-order valence-electron chi connectivity index (χ1n) is 6.19. The van der Waals surface area contributed by atoms with Crippen LogP contribution >= 0.6 is 11.6 Å². The molecule has 0 radical (unpaired) electrons. The second-order valence-corrected chi connectivity index (χ2v) is 5.48. The van der Waals surface area contributed by atoms with Crippen molar-refractivity contribution in [3.63, 3.8) is 0 Å². The number of benzene rings is 1. The fourth-order valence-corrected chi connectivity index (χ4v) is 2.79. The van der Waals surface area contributed by atoms with Crippen LogP contribution in [-0.4, -0.2) is 6.54 Å². The molecule has 1 aromatic rings. The van der Waals surface area contributed by atoms with Crippen molar-refractivity contribution in [1.82, 2.24) is 5.32 Å². The summed E-state index contributed by atoms with van der Waals surface area (Å²) in [4.78, 5) is 0. The molecular formula is C14H20ClN. The highest BCUT2D eigenvalue weighted by Crippen LogP contribution is 2.29. The van der Waals surface area contributed by atoms with Gasteiger partial charge < -0.3 is 5.32 Å². The molecule has 0 saturated heterocycles. The predicted molar refractivity (Wildman–Crippen MR) is 69.7 cm³/mol. The molecule has 0 heterocycles. The molecule has 1 aliphatic rings. The maximum Gasteiger partial charge on any atom is 0.0409 e. The molecule has 1 aromatic carbocycles. The molecule has 2 rings (SSSR count). The average molecular weight is 238 g/mol. The molecule has 0 spiro atoms. The van der Waals surface area contributed by atoms with Gasteiger partial charge in [-0.3, -0.25) is 0 Å². The molecule has 0 amide bonds. The Kier molecular flexibility index (Phi) is 4.25. The monoisotopic (exact) mass is 237 g/mol. The summed E-state index contributed by atoms with van der Waals surface area (Å²) in [6, 6.07) is 8.09. The van der Waals surface area contributed by atoms with E-state index in [2.05, 4.69) is 18.3 Å². The second-order valence-electron chi connectivity index (χ2n) is 5.05. The summed E-state index contributed by atoms with van der Waals surface area (Å²) < 4.78 is 0. The Balaban J connectivity index is 1.72. The van der Waals surface area contributed by atoms with Gasteiger partial charge >= 0.3 is 0 Å². The summed E-state index contributed by atoms with van der Waals surface area (Å²) >= 11 is 5.94. The molecular weight excluding hydrogens is 218 g/mol. The number of halogens is 1. The summed E-state index contributed by atoms with van der Waals surface area (Å²) in [6.45, 7) is 4.44. The van der Waals surface area contributed by atoms with Crippen LogP contribution in [0.2, 0.25) is 5.02 Å². The lowest BCUT2D eigenvalue weighted by molar-refractivity contribution is 0.470. The van der Waals surface area contributed by atoms with Crippen LogP contribution in [0.25, 0.3) is 0 Å². The van der Waals surface area contributed by atoms with E-state index in [1.54, 1.807) is 0 Å². The van der Waals surface area contributed by atoms with Gasteiger partial charge in [-0.25, -0.2) is 0 Å². The molecule has 0 aliphatic heterocycles. The van der Waals surface area contributed by atoms with Gasteiger partial charge in [0.15, 0.2) is 0 Å². The van der Waals surface area contributed by atoms with Crippen LogP contribution in [0.15, 0.2) is 24.3 Å². The van der Waals surface area contributed by atoms with Crippen molar-refractivity contribution >= 4 is 11.6 Å². The van der Waals surface area contributed by atoms with Crippen molar-refractivity contribution in [3.8, 4) is 0 Å². The fraction of sp³-hybridized carbons (Fsp3) is 0.571. The minimum atomic E-state index is 0.828. The molecule has 2 heteroatoms. The van der Waals surface area contributed by atoms with Gasteiger partial charge in [0.2, 0.25) is 0 Å². The zero-order valence-corrected chi connectivity index (χ0v) is 10.6. The Morgan fingerprint density at radius 3 is 2.94 bits per heavy atom. The van der Waals surface area contributed by atoms with Crippen molar-refractivity contribution in [3.05, 3.63) is 34.9 Å². The molecule has 1 nitrogen and oxygen atoms in total. The van der Waals surface area contributed by atoms with Crippen LogP contribution in [0.4, 0.5) is 0 Å². The van der Waals surface area contributed by atoms with Crippen LogP contribution in [0.1, 0.15) is 31.7 Å². The van der Waals surface area contributed by atoms with E-state index >= 15 is 0 Å². The maximum atomic E-state index is 5.94. The van der Waals surface area contributed by atoms with Gasteiger partial charge in [-0.2, -0.15) is 0 Å². The Hall–Kier alpha value is -0.530. The second kappa shape index (κ2) is 5.70. The molecule has 1 N–H and O–H groups in total. The van der Waals surface area contributed by atoms with Gasteiger partial charge in [0.05, 0.1) is 0 Å². The average Bonchev–Trinajstić information content (AvgIpc) is 2.64. The van der Waals surface area contributed by atoms with Gasteiger partial charge in [-0.1, -0.05) is 37.1 Å². The van der Waals surface area contributed by atoms with Gasteiger partial charge in [-0.15, -0.1) is 0 Å². The quantitative estimate of drug-likeness (QED) is 0.839. The minimum absolute atomic E-state index is 0.828. The van der Waals surface area contributed by atoms with Gasteiger partial charge in [0.1, 0.15) is 0 Å². The van der Waals surface area contributed by atoms with Crippen LogP contribution in [0.5, 0.6) is 0 Å². The molecule has 0 aromatic heterocycles. The molecule has 88 valence electrons. The van der Waals surface area contributed by atoms with Crippen molar-refractivity contribution in [2.45, 2.75) is 32.7 Å². The van der Waals surface area contributed by atoms with Gasteiger partial charge in [-0.05, 0) is 48.9 Å². The van der Waals surface area contributed by atoms with E-state index in [1.165, 1.54) is 24.8 Å². The van der Waals surface area contributed by atoms with E-state index < -0.39 is 0 Å². The molecule has 1 aliphatic carbocycles. The Labute approximate surface area is 103 Å². The van der Waals surface area contributed by atoms with Crippen LogP contribution < -0.4 is 5.32 Å². The summed E-state index contributed by atoms with van der Waals surface area (Å²) in [5, 5.41) is 4.36. The standard InChI is InChI=1S/C14H20ClN/c1-11-5-6-13(7-11)10-16-9-12-3-2-4-14(15)8-12/h2-4,8,11,13,16H,5-7,9-10H2,1H3. The first-order chi connectivity index (χ1) is 7.74. The molecule has 0 bridgehead atoms. The summed E-state index contributed by atoms with van der Waals surface area (Å²) in [5.74, 6) is 1.81. The van der Waals surface area contributed by atoms with Crippen molar-refractivity contribution in [2.24, 2.45) is 11.8 Å². The SMILES string of the molecule is CC1CCC(CNCc2cccc(Cl)c2)C1.